The largest absolute Gasteiger partial charge is 0.382 e. The van der Waals surface area contributed by atoms with Crippen LogP contribution in [-0.4, -0.2) is 24.2 Å². The van der Waals surface area contributed by atoms with Gasteiger partial charge in [0, 0.05) is 13.3 Å². The van der Waals surface area contributed by atoms with Crippen molar-refractivity contribution in [3.8, 4) is 0 Å². The number of rotatable bonds is 3. The van der Waals surface area contributed by atoms with Crippen LogP contribution >= 0.6 is 0 Å². The summed E-state index contributed by atoms with van der Waals surface area (Å²) in [4.78, 5) is 4.05. The molecule has 3 N–H and O–H groups in total. The third-order valence-electron chi connectivity index (χ3n) is 2.93. The Morgan fingerprint density at radius 2 is 2.40 bits per heavy atom. The molecule has 1 aromatic rings. The van der Waals surface area contributed by atoms with Gasteiger partial charge in [0.15, 0.2) is 0 Å². The maximum Gasteiger partial charge on any atom is 0.146 e. The molecule has 1 aliphatic carbocycles. The van der Waals surface area contributed by atoms with E-state index in [-0.39, 0.29) is 0 Å². The van der Waals surface area contributed by atoms with E-state index in [0.29, 0.717) is 18.0 Å². The van der Waals surface area contributed by atoms with Crippen LogP contribution in [-0.2, 0) is 4.74 Å². The Bertz CT molecular complexity index is 329. The Hall–Kier alpha value is -1.29. The summed E-state index contributed by atoms with van der Waals surface area (Å²) in [7, 11) is 1.76. The molecule has 2 unspecified atom stereocenters. The first kappa shape index (κ1) is 10.2. The molecular weight excluding hydrogens is 190 g/mol. The van der Waals surface area contributed by atoms with Gasteiger partial charge in [0.25, 0.3) is 0 Å². The molecule has 2 atom stereocenters. The van der Waals surface area contributed by atoms with Gasteiger partial charge in [-0.25, -0.2) is 4.98 Å². The highest BCUT2D eigenvalue weighted by Crippen LogP contribution is 2.26. The Morgan fingerprint density at radius 3 is 3.13 bits per heavy atom. The molecule has 0 saturated heterocycles. The first-order valence-corrected chi connectivity index (χ1v) is 5.31. The lowest BCUT2D eigenvalue weighted by atomic mass is 10.2. The van der Waals surface area contributed by atoms with Crippen molar-refractivity contribution in [2.24, 2.45) is 0 Å². The van der Waals surface area contributed by atoms with Crippen LogP contribution in [0.15, 0.2) is 18.3 Å². The number of anilines is 2. The van der Waals surface area contributed by atoms with E-state index >= 15 is 0 Å². The molecule has 0 aromatic carbocycles. The second-order valence-electron chi connectivity index (χ2n) is 3.89. The quantitative estimate of drug-likeness (QED) is 0.791. The van der Waals surface area contributed by atoms with Crippen molar-refractivity contribution in [3.63, 3.8) is 0 Å². The van der Waals surface area contributed by atoms with E-state index in [9.17, 15) is 0 Å². The van der Waals surface area contributed by atoms with E-state index < -0.39 is 0 Å². The van der Waals surface area contributed by atoms with Gasteiger partial charge in [-0.05, 0) is 31.4 Å². The van der Waals surface area contributed by atoms with E-state index in [1.165, 1.54) is 6.42 Å². The zero-order valence-corrected chi connectivity index (χ0v) is 8.94. The second-order valence-corrected chi connectivity index (χ2v) is 3.89. The molecule has 0 bridgehead atoms. The number of ether oxygens (including phenoxy) is 1. The maximum absolute atomic E-state index is 5.77. The van der Waals surface area contributed by atoms with E-state index in [4.69, 9.17) is 10.5 Å². The molecule has 15 heavy (non-hydrogen) atoms. The summed E-state index contributed by atoms with van der Waals surface area (Å²) in [6.45, 7) is 0. The molecule has 1 saturated carbocycles. The van der Waals surface area contributed by atoms with Gasteiger partial charge in [-0.1, -0.05) is 0 Å². The van der Waals surface area contributed by atoms with Crippen molar-refractivity contribution in [2.75, 3.05) is 18.2 Å². The number of nitrogens with zero attached hydrogens (tertiary/aromatic N) is 1. The van der Waals surface area contributed by atoms with Gasteiger partial charge in [0.2, 0.25) is 0 Å². The summed E-state index contributed by atoms with van der Waals surface area (Å²) in [6, 6.07) is 4.20. The predicted octanol–water partition coefficient (Wildman–Crippen LogP) is 1.64. The number of nitrogen functional groups attached to an aromatic ring is 1. The Morgan fingerprint density at radius 1 is 1.53 bits per heavy atom. The zero-order valence-electron chi connectivity index (χ0n) is 8.94. The van der Waals surface area contributed by atoms with Crippen LogP contribution in [0.25, 0.3) is 0 Å². The fraction of sp³-hybridized carbons (Fsp3) is 0.545. The highest BCUT2D eigenvalue weighted by molar-refractivity contribution is 5.61. The van der Waals surface area contributed by atoms with Crippen molar-refractivity contribution in [1.82, 2.24) is 4.98 Å². The monoisotopic (exact) mass is 207 g/mol. The molecular formula is C11H17N3O. The van der Waals surface area contributed by atoms with Gasteiger partial charge in [0.1, 0.15) is 5.82 Å². The SMILES string of the molecule is COC1CCCC1Nc1cccnc1N. The van der Waals surface area contributed by atoms with Gasteiger partial charge in [-0.2, -0.15) is 0 Å². The standard InChI is InChI=1S/C11H17N3O/c1-15-10-6-2-4-8(10)14-9-5-3-7-13-11(9)12/h3,5,7-8,10,14H,2,4,6H2,1H3,(H2,12,13). The van der Waals surface area contributed by atoms with Crippen LogP contribution in [0.1, 0.15) is 19.3 Å². The molecule has 1 fully saturated rings. The summed E-state index contributed by atoms with van der Waals surface area (Å²) in [5.74, 6) is 0.555. The van der Waals surface area contributed by atoms with Crippen LogP contribution < -0.4 is 11.1 Å². The lowest BCUT2D eigenvalue weighted by molar-refractivity contribution is 0.101. The molecule has 0 aliphatic heterocycles. The average Bonchev–Trinajstić information content (AvgIpc) is 2.69. The van der Waals surface area contributed by atoms with E-state index in [2.05, 4.69) is 10.3 Å². The van der Waals surface area contributed by atoms with Gasteiger partial charge in [-0.15, -0.1) is 0 Å². The average molecular weight is 207 g/mol. The van der Waals surface area contributed by atoms with Gasteiger partial charge in [-0.3, -0.25) is 0 Å². The van der Waals surface area contributed by atoms with Crippen LogP contribution in [0.2, 0.25) is 0 Å². The van der Waals surface area contributed by atoms with E-state index in [1.54, 1.807) is 13.3 Å². The van der Waals surface area contributed by atoms with Crippen molar-refractivity contribution in [3.05, 3.63) is 18.3 Å². The number of hydrogen-bond donors (Lipinski definition) is 2. The summed E-state index contributed by atoms with van der Waals surface area (Å²) in [5.41, 5.74) is 6.68. The number of nitrogens with one attached hydrogen (secondary N) is 1. The molecule has 1 aromatic heterocycles. The molecule has 82 valence electrons. The number of aromatic nitrogens is 1. The molecule has 4 heteroatoms. The fourth-order valence-electron chi connectivity index (χ4n) is 2.11. The van der Waals surface area contributed by atoms with E-state index in [1.807, 2.05) is 12.1 Å². The number of methoxy groups -OCH3 is 1. The van der Waals surface area contributed by atoms with Crippen LogP contribution in [0.3, 0.4) is 0 Å². The van der Waals surface area contributed by atoms with Crippen molar-refractivity contribution < 1.29 is 4.74 Å². The minimum atomic E-state index is 0.296. The van der Waals surface area contributed by atoms with Crippen LogP contribution in [0.5, 0.6) is 0 Å². The summed E-state index contributed by atoms with van der Waals surface area (Å²) < 4.78 is 5.41. The molecule has 1 aliphatic rings. The molecule has 2 rings (SSSR count). The zero-order chi connectivity index (χ0) is 10.7. The summed E-state index contributed by atoms with van der Waals surface area (Å²) in [5, 5.41) is 3.40. The molecule has 1 heterocycles. The topological polar surface area (TPSA) is 60.2 Å². The summed E-state index contributed by atoms with van der Waals surface area (Å²) in [6.07, 6.45) is 5.45. The fourth-order valence-corrected chi connectivity index (χ4v) is 2.11. The lowest BCUT2D eigenvalue weighted by Gasteiger charge is -2.21. The Kier molecular flexibility index (Phi) is 3.06. The van der Waals surface area contributed by atoms with Crippen molar-refractivity contribution in [2.45, 2.75) is 31.4 Å². The van der Waals surface area contributed by atoms with Gasteiger partial charge >= 0.3 is 0 Å². The smallest absolute Gasteiger partial charge is 0.146 e. The minimum Gasteiger partial charge on any atom is -0.382 e. The first-order valence-electron chi connectivity index (χ1n) is 5.31. The molecule has 4 nitrogen and oxygen atoms in total. The van der Waals surface area contributed by atoms with Crippen molar-refractivity contribution >= 4 is 11.5 Å². The highest BCUT2D eigenvalue weighted by atomic mass is 16.5. The third-order valence-corrected chi connectivity index (χ3v) is 2.93. The first-order chi connectivity index (χ1) is 7.31. The molecule has 0 amide bonds. The summed E-state index contributed by atoms with van der Waals surface area (Å²) >= 11 is 0. The predicted molar refractivity (Wildman–Crippen MR) is 60.7 cm³/mol. The normalized spacial score (nSPS) is 25.4. The molecule has 0 spiro atoms. The Labute approximate surface area is 89.8 Å². The van der Waals surface area contributed by atoms with Crippen LogP contribution in [0, 0.1) is 0 Å². The third kappa shape index (κ3) is 2.21. The highest BCUT2D eigenvalue weighted by Gasteiger charge is 2.27. The van der Waals surface area contributed by atoms with Gasteiger partial charge in [0.05, 0.1) is 17.8 Å². The Balaban J connectivity index is 2.05. The number of nitrogens with two attached hydrogens (primary N) is 1. The van der Waals surface area contributed by atoms with E-state index in [0.717, 1.165) is 18.5 Å². The molecule has 0 radical (unpaired) electrons. The lowest BCUT2D eigenvalue weighted by Crippen LogP contribution is -2.30. The number of hydrogen-bond acceptors (Lipinski definition) is 4. The number of pyridine rings is 1. The minimum absolute atomic E-state index is 0.296. The van der Waals surface area contributed by atoms with Gasteiger partial charge < -0.3 is 15.8 Å². The van der Waals surface area contributed by atoms with Crippen molar-refractivity contribution in [1.29, 1.82) is 0 Å². The van der Waals surface area contributed by atoms with Crippen LogP contribution in [0.4, 0.5) is 11.5 Å². The second kappa shape index (κ2) is 4.49. The maximum atomic E-state index is 5.77.